The second-order valence-corrected chi connectivity index (χ2v) is 4.51. The zero-order valence-corrected chi connectivity index (χ0v) is 9.18. The van der Waals surface area contributed by atoms with Crippen LogP contribution in [0.4, 0.5) is 0 Å². The summed E-state index contributed by atoms with van der Waals surface area (Å²) in [4.78, 5) is 0. The normalized spacial score (nSPS) is 25.6. The largest absolute Gasteiger partial charge is 0.375 e. The van der Waals surface area contributed by atoms with E-state index in [9.17, 15) is 0 Å². The molecule has 0 aromatic rings. The third-order valence-electron chi connectivity index (χ3n) is 2.60. The van der Waals surface area contributed by atoms with Gasteiger partial charge in [0.1, 0.15) is 0 Å². The van der Waals surface area contributed by atoms with E-state index >= 15 is 0 Å². The Labute approximate surface area is 86.4 Å². The van der Waals surface area contributed by atoms with Gasteiger partial charge in [0.2, 0.25) is 0 Å². The first kappa shape index (κ1) is 11.5. The molecule has 0 aromatic carbocycles. The molecule has 3 nitrogen and oxygen atoms in total. The maximum absolute atomic E-state index is 8.39. The van der Waals surface area contributed by atoms with Crippen LogP contribution >= 0.6 is 0 Å². The Hall–Kier alpha value is -0.590. The van der Waals surface area contributed by atoms with Gasteiger partial charge in [0, 0.05) is 19.1 Å². The van der Waals surface area contributed by atoms with Crippen LogP contribution in [0.15, 0.2) is 0 Å². The second kappa shape index (κ2) is 5.33. The quantitative estimate of drug-likeness (QED) is 0.698. The standard InChI is InChI=1S/C11H20N2O/c1-11(2)9-10(5-8-14-11)13-7-4-3-6-12/h10,13H,3-5,7-9H2,1-2H3. The fourth-order valence-corrected chi connectivity index (χ4v) is 1.88. The molecule has 1 fully saturated rings. The molecule has 0 saturated carbocycles. The lowest BCUT2D eigenvalue weighted by atomic mass is 9.94. The summed E-state index contributed by atoms with van der Waals surface area (Å²) >= 11 is 0. The molecule has 1 saturated heterocycles. The molecule has 0 amide bonds. The van der Waals surface area contributed by atoms with E-state index in [1.54, 1.807) is 0 Å². The van der Waals surface area contributed by atoms with Crippen molar-refractivity contribution in [3.8, 4) is 6.07 Å². The van der Waals surface area contributed by atoms with Crippen molar-refractivity contribution >= 4 is 0 Å². The van der Waals surface area contributed by atoms with Crippen LogP contribution < -0.4 is 5.32 Å². The predicted octanol–water partition coefficient (Wildman–Crippen LogP) is 1.84. The maximum atomic E-state index is 8.39. The Morgan fingerprint density at radius 1 is 1.57 bits per heavy atom. The Morgan fingerprint density at radius 2 is 2.36 bits per heavy atom. The molecule has 14 heavy (non-hydrogen) atoms. The van der Waals surface area contributed by atoms with Crippen molar-refractivity contribution in [2.24, 2.45) is 0 Å². The molecule has 1 heterocycles. The number of unbranched alkanes of at least 4 members (excludes halogenated alkanes) is 1. The zero-order valence-electron chi connectivity index (χ0n) is 9.18. The van der Waals surface area contributed by atoms with Crippen LogP contribution in [-0.2, 0) is 4.74 Å². The minimum Gasteiger partial charge on any atom is -0.375 e. The highest BCUT2D eigenvalue weighted by Crippen LogP contribution is 2.23. The van der Waals surface area contributed by atoms with E-state index in [0.717, 1.165) is 32.4 Å². The lowest BCUT2D eigenvalue weighted by Gasteiger charge is -2.35. The van der Waals surface area contributed by atoms with Crippen molar-refractivity contribution in [3.05, 3.63) is 0 Å². The van der Waals surface area contributed by atoms with Gasteiger partial charge in [-0.3, -0.25) is 0 Å². The molecule has 1 atom stereocenters. The SMILES string of the molecule is CC1(C)CC(NCCCC#N)CCO1. The molecule has 1 unspecified atom stereocenters. The summed E-state index contributed by atoms with van der Waals surface area (Å²) in [5, 5.41) is 11.9. The summed E-state index contributed by atoms with van der Waals surface area (Å²) in [5.74, 6) is 0. The molecular weight excluding hydrogens is 176 g/mol. The fraction of sp³-hybridized carbons (Fsp3) is 0.909. The van der Waals surface area contributed by atoms with E-state index in [1.807, 2.05) is 0 Å². The van der Waals surface area contributed by atoms with Crippen molar-refractivity contribution in [2.45, 2.75) is 51.2 Å². The minimum absolute atomic E-state index is 0.0190. The molecule has 1 aliphatic rings. The van der Waals surface area contributed by atoms with Crippen LogP contribution in [0, 0.1) is 11.3 Å². The third-order valence-corrected chi connectivity index (χ3v) is 2.60. The van der Waals surface area contributed by atoms with Gasteiger partial charge in [-0.05, 0) is 39.7 Å². The third kappa shape index (κ3) is 4.08. The lowest BCUT2D eigenvalue weighted by Crippen LogP contribution is -2.43. The molecule has 0 aliphatic carbocycles. The Morgan fingerprint density at radius 3 is 3.00 bits per heavy atom. The summed E-state index contributed by atoms with van der Waals surface area (Å²) in [6.45, 7) is 6.07. The number of nitriles is 1. The molecule has 3 heteroatoms. The summed E-state index contributed by atoms with van der Waals surface area (Å²) in [6, 6.07) is 2.72. The summed E-state index contributed by atoms with van der Waals surface area (Å²) < 4.78 is 5.63. The van der Waals surface area contributed by atoms with Crippen molar-refractivity contribution in [1.82, 2.24) is 5.32 Å². The van der Waals surface area contributed by atoms with Crippen LogP contribution in [0.3, 0.4) is 0 Å². The number of nitrogens with one attached hydrogen (secondary N) is 1. The zero-order chi connectivity index (χ0) is 10.4. The van der Waals surface area contributed by atoms with Gasteiger partial charge < -0.3 is 10.1 Å². The molecular formula is C11H20N2O. The average molecular weight is 196 g/mol. The predicted molar refractivity (Wildman–Crippen MR) is 55.9 cm³/mol. The lowest BCUT2D eigenvalue weighted by molar-refractivity contribution is -0.0627. The van der Waals surface area contributed by atoms with Crippen LogP contribution in [-0.4, -0.2) is 24.8 Å². The monoisotopic (exact) mass is 196 g/mol. The van der Waals surface area contributed by atoms with Gasteiger partial charge in [0.25, 0.3) is 0 Å². The highest BCUT2D eigenvalue weighted by Gasteiger charge is 2.28. The Kier molecular flexibility index (Phi) is 4.37. The highest BCUT2D eigenvalue weighted by atomic mass is 16.5. The van der Waals surface area contributed by atoms with Crippen LogP contribution in [0.25, 0.3) is 0 Å². The highest BCUT2D eigenvalue weighted by molar-refractivity contribution is 4.83. The number of hydrogen-bond acceptors (Lipinski definition) is 3. The first-order chi connectivity index (χ1) is 6.64. The number of hydrogen-bond donors (Lipinski definition) is 1. The Balaban J connectivity index is 2.15. The first-order valence-electron chi connectivity index (χ1n) is 5.38. The van der Waals surface area contributed by atoms with Gasteiger partial charge in [0.15, 0.2) is 0 Å². The minimum atomic E-state index is 0.0190. The smallest absolute Gasteiger partial charge is 0.0641 e. The van der Waals surface area contributed by atoms with Crippen LogP contribution in [0.2, 0.25) is 0 Å². The molecule has 0 aromatic heterocycles. The fourth-order valence-electron chi connectivity index (χ4n) is 1.88. The van der Waals surface area contributed by atoms with Crippen molar-refractivity contribution in [2.75, 3.05) is 13.2 Å². The molecule has 1 N–H and O–H groups in total. The van der Waals surface area contributed by atoms with Gasteiger partial charge in [-0.15, -0.1) is 0 Å². The van der Waals surface area contributed by atoms with Crippen molar-refractivity contribution in [3.63, 3.8) is 0 Å². The van der Waals surface area contributed by atoms with Crippen LogP contribution in [0.1, 0.15) is 39.5 Å². The number of ether oxygens (including phenoxy) is 1. The molecule has 1 rings (SSSR count). The summed E-state index contributed by atoms with van der Waals surface area (Å²) in [6.07, 6.45) is 3.77. The van der Waals surface area contributed by atoms with Crippen molar-refractivity contribution < 1.29 is 4.74 Å². The van der Waals surface area contributed by atoms with E-state index in [4.69, 9.17) is 10.00 Å². The number of nitrogens with zero attached hydrogens (tertiary/aromatic N) is 1. The molecule has 0 spiro atoms. The van der Waals surface area contributed by atoms with E-state index < -0.39 is 0 Å². The van der Waals surface area contributed by atoms with E-state index in [1.165, 1.54) is 0 Å². The first-order valence-corrected chi connectivity index (χ1v) is 5.38. The molecule has 1 aliphatic heterocycles. The maximum Gasteiger partial charge on any atom is 0.0641 e. The van der Waals surface area contributed by atoms with E-state index in [-0.39, 0.29) is 5.60 Å². The van der Waals surface area contributed by atoms with Gasteiger partial charge in [-0.25, -0.2) is 0 Å². The summed E-state index contributed by atoms with van der Waals surface area (Å²) in [7, 11) is 0. The molecule has 0 radical (unpaired) electrons. The van der Waals surface area contributed by atoms with E-state index in [0.29, 0.717) is 12.5 Å². The van der Waals surface area contributed by atoms with Gasteiger partial charge in [-0.1, -0.05) is 0 Å². The Bertz CT molecular complexity index is 208. The van der Waals surface area contributed by atoms with Gasteiger partial charge >= 0.3 is 0 Å². The van der Waals surface area contributed by atoms with Gasteiger partial charge in [0.05, 0.1) is 11.7 Å². The topological polar surface area (TPSA) is 45.0 Å². The van der Waals surface area contributed by atoms with Crippen LogP contribution in [0.5, 0.6) is 0 Å². The number of rotatable bonds is 4. The van der Waals surface area contributed by atoms with Crippen molar-refractivity contribution in [1.29, 1.82) is 5.26 Å². The average Bonchev–Trinajstić information content (AvgIpc) is 2.11. The molecule has 80 valence electrons. The second-order valence-electron chi connectivity index (χ2n) is 4.51. The van der Waals surface area contributed by atoms with E-state index in [2.05, 4.69) is 25.2 Å². The molecule has 0 bridgehead atoms. The van der Waals surface area contributed by atoms with Gasteiger partial charge in [-0.2, -0.15) is 5.26 Å². The summed E-state index contributed by atoms with van der Waals surface area (Å²) in [5.41, 5.74) is 0.0190.